The van der Waals surface area contributed by atoms with Crippen LogP contribution in [0.3, 0.4) is 0 Å². The van der Waals surface area contributed by atoms with Crippen molar-refractivity contribution in [2.24, 2.45) is 0 Å². The second-order valence-corrected chi connectivity index (χ2v) is 14.5. The first kappa shape index (κ1) is 30.1. The van der Waals surface area contributed by atoms with Crippen LogP contribution in [0.15, 0.2) is 58.2 Å². The van der Waals surface area contributed by atoms with E-state index in [0.717, 1.165) is 10.0 Å². The molecule has 0 bridgehead atoms. The fourth-order valence-electron chi connectivity index (χ4n) is 5.80. The van der Waals surface area contributed by atoms with Gasteiger partial charge in [0, 0.05) is 60.0 Å². The summed E-state index contributed by atoms with van der Waals surface area (Å²) >= 11 is 16.0. The van der Waals surface area contributed by atoms with E-state index in [-0.39, 0.29) is 55.9 Å². The standard InChI is InChI=1S/C28H26BrCl2N5O6S/c1-28(15-17-2-4-18(29)5-3-17)26(39)35(21-13-19(30)12-20(31)14-21)27-32-16-23(36(27)28)43(40,41)34-10-8-33(9-11-34)25(38)22-6-7-24(37)42-22/h2-5,12-14,16,22H,6-11,15H2,1H3. The van der Waals surface area contributed by atoms with E-state index < -0.39 is 33.5 Å². The van der Waals surface area contributed by atoms with Crippen molar-refractivity contribution in [2.75, 3.05) is 31.1 Å². The Kier molecular flexibility index (Phi) is 7.82. The number of sulfonamides is 1. The van der Waals surface area contributed by atoms with Crippen molar-refractivity contribution >= 4 is 78.6 Å². The van der Waals surface area contributed by atoms with Crippen LogP contribution in [0.25, 0.3) is 0 Å². The molecule has 0 saturated carbocycles. The number of piperazine rings is 1. The van der Waals surface area contributed by atoms with Crippen molar-refractivity contribution in [1.29, 1.82) is 0 Å². The van der Waals surface area contributed by atoms with Crippen LogP contribution in [0.1, 0.15) is 25.3 Å². The Bertz CT molecular complexity index is 1720. The van der Waals surface area contributed by atoms with Gasteiger partial charge in [0.05, 0.1) is 11.9 Å². The third-order valence-corrected chi connectivity index (χ3v) is 10.8. The van der Waals surface area contributed by atoms with Crippen molar-refractivity contribution in [1.82, 2.24) is 18.8 Å². The summed E-state index contributed by atoms with van der Waals surface area (Å²) in [4.78, 5) is 45.8. The fraction of sp³-hybridized carbons (Fsp3) is 0.357. The molecule has 4 heterocycles. The number of rotatable bonds is 6. The molecule has 2 atom stereocenters. The van der Waals surface area contributed by atoms with Gasteiger partial charge in [-0.25, -0.2) is 18.3 Å². The van der Waals surface area contributed by atoms with Crippen LogP contribution < -0.4 is 4.90 Å². The van der Waals surface area contributed by atoms with Gasteiger partial charge < -0.3 is 9.64 Å². The van der Waals surface area contributed by atoms with E-state index in [1.165, 1.54) is 30.9 Å². The summed E-state index contributed by atoms with van der Waals surface area (Å²) in [6.07, 6.45) is 1.11. The van der Waals surface area contributed by atoms with Gasteiger partial charge in [0.2, 0.25) is 5.95 Å². The Labute approximate surface area is 266 Å². The van der Waals surface area contributed by atoms with Crippen LogP contribution >= 0.6 is 39.1 Å². The SMILES string of the molecule is CC1(Cc2ccc(Br)cc2)C(=O)N(c2cc(Cl)cc(Cl)c2)c2ncc(S(=O)(=O)N3CCN(C(=O)C4CCC(=O)O4)CC3)n21. The molecule has 2 fully saturated rings. The first-order chi connectivity index (χ1) is 20.4. The molecule has 2 aromatic carbocycles. The number of aromatic nitrogens is 2. The lowest BCUT2D eigenvalue weighted by Gasteiger charge is -2.35. The van der Waals surface area contributed by atoms with Crippen molar-refractivity contribution in [3.8, 4) is 0 Å². The van der Waals surface area contributed by atoms with Gasteiger partial charge in [0.25, 0.3) is 21.8 Å². The molecule has 3 aromatic rings. The zero-order valence-electron chi connectivity index (χ0n) is 22.9. The van der Waals surface area contributed by atoms with Crippen molar-refractivity contribution < 1.29 is 27.5 Å². The van der Waals surface area contributed by atoms with Gasteiger partial charge in [-0.1, -0.05) is 51.3 Å². The Morgan fingerprint density at radius 1 is 1.07 bits per heavy atom. The van der Waals surface area contributed by atoms with E-state index >= 15 is 0 Å². The number of ether oxygens (including phenoxy) is 1. The quantitative estimate of drug-likeness (QED) is 0.353. The average molecular weight is 711 g/mol. The van der Waals surface area contributed by atoms with Gasteiger partial charge >= 0.3 is 5.97 Å². The first-order valence-electron chi connectivity index (χ1n) is 13.5. The second-order valence-electron chi connectivity index (χ2n) is 10.8. The lowest BCUT2D eigenvalue weighted by atomic mass is 9.92. The Morgan fingerprint density at radius 3 is 2.33 bits per heavy atom. The predicted octanol–water partition coefficient (Wildman–Crippen LogP) is 4.13. The molecule has 226 valence electrons. The minimum atomic E-state index is -4.16. The van der Waals surface area contributed by atoms with Crippen LogP contribution in [0.5, 0.6) is 0 Å². The summed E-state index contributed by atoms with van der Waals surface area (Å²) in [5, 5.41) is 0.473. The fourth-order valence-corrected chi connectivity index (χ4v) is 8.18. The number of cyclic esters (lactones) is 1. The van der Waals surface area contributed by atoms with Crippen LogP contribution in [-0.2, 0) is 41.1 Å². The van der Waals surface area contributed by atoms with Crippen molar-refractivity contribution in [3.05, 3.63) is 68.7 Å². The van der Waals surface area contributed by atoms with E-state index in [9.17, 15) is 22.8 Å². The normalized spacial score (nSPS) is 22.7. The Hall–Kier alpha value is -2.97. The number of fused-ring (bicyclic) bond motifs is 1. The van der Waals surface area contributed by atoms with Gasteiger partial charge in [-0.3, -0.25) is 19.0 Å². The molecular weight excluding hydrogens is 685 g/mol. The number of imidazole rings is 1. The number of halogens is 3. The van der Waals surface area contributed by atoms with Gasteiger partial charge in [0.1, 0.15) is 5.54 Å². The summed E-state index contributed by atoms with van der Waals surface area (Å²) in [5.74, 6) is -1.01. The number of benzene rings is 2. The van der Waals surface area contributed by atoms with E-state index in [0.29, 0.717) is 22.2 Å². The molecule has 0 radical (unpaired) electrons. The van der Waals surface area contributed by atoms with Gasteiger partial charge in [-0.05, 0) is 42.8 Å². The molecule has 2 saturated heterocycles. The third-order valence-electron chi connectivity index (χ3n) is 7.95. The maximum absolute atomic E-state index is 14.2. The van der Waals surface area contributed by atoms with Gasteiger partial charge in [-0.15, -0.1) is 0 Å². The highest BCUT2D eigenvalue weighted by atomic mass is 79.9. The number of amides is 2. The number of anilines is 2. The van der Waals surface area contributed by atoms with E-state index in [1.54, 1.807) is 19.1 Å². The van der Waals surface area contributed by atoms with Gasteiger partial charge in [-0.2, -0.15) is 4.31 Å². The average Bonchev–Trinajstić information content (AvgIpc) is 3.65. The number of esters is 1. The molecule has 15 heteroatoms. The molecule has 43 heavy (non-hydrogen) atoms. The summed E-state index contributed by atoms with van der Waals surface area (Å²) in [6, 6.07) is 12.1. The summed E-state index contributed by atoms with van der Waals surface area (Å²) in [6.45, 7) is 2.01. The summed E-state index contributed by atoms with van der Waals surface area (Å²) in [5.41, 5.74) is -0.202. The highest BCUT2D eigenvalue weighted by Gasteiger charge is 2.52. The molecule has 0 aliphatic carbocycles. The molecule has 3 aliphatic heterocycles. The number of carbonyl (C=O) groups excluding carboxylic acids is 3. The minimum absolute atomic E-state index is 0.0280. The highest BCUT2D eigenvalue weighted by Crippen LogP contribution is 2.45. The molecule has 1 aromatic heterocycles. The number of carbonyl (C=O) groups is 3. The molecule has 2 unspecified atom stereocenters. The maximum Gasteiger partial charge on any atom is 0.306 e. The van der Waals surface area contributed by atoms with E-state index in [2.05, 4.69) is 20.9 Å². The van der Waals surface area contributed by atoms with Gasteiger partial charge in [0.15, 0.2) is 11.1 Å². The van der Waals surface area contributed by atoms with E-state index in [4.69, 9.17) is 27.9 Å². The minimum Gasteiger partial charge on any atom is -0.452 e. The maximum atomic E-state index is 14.2. The van der Waals surface area contributed by atoms with Crippen LogP contribution in [0, 0.1) is 0 Å². The second kappa shape index (κ2) is 11.2. The number of hydrogen-bond donors (Lipinski definition) is 0. The highest BCUT2D eigenvalue weighted by molar-refractivity contribution is 9.10. The van der Waals surface area contributed by atoms with Crippen LogP contribution in [-0.4, -0.2) is 77.2 Å². The number of hydrogen-bond acceptors (Lipinski definition) is 7. The van der Waals surface area contributed by atoms with Crippen LogP contribution in [0.2, 0.25) is 10.0 Å². The molecule has 11 nitrogen and oxygen atoms in total. The topological polar surface area (TPSA) is 122 Å². The van der Waals surface area contributed by atoms with E-state index in [1.807, 2.05) is 24.3 Å². The molecule has 0 N–H and O–H groups in total. The number of nitrogens with zero attached hydrogens (tertiary/aromatic N) is 5. The molecular formula is C28H26BrCl2N5O6S. The predicted molar refractivity (Wildman–Crippen MR) is 162 cm³/mol. The van der Waals surface area contributed by atoms with Crippen molar-refractivity contribution in [3.63, 3.8) is 0 Å². The molecule has 2 amide bonds. The largest absolute Gasteiger partial charge is 0.452 e. The summed E-state index contributed by atoms with van der Waals surface area (Å²) in [7, 11) is -4.16. The smallest absolute Gasteiger partial charge is 0.306 e. The Morgan fingerprint density at radius 2 is 1.72 bits per heavy atom. The lowest BCUT2D eigenvalue weighted by molar-refractivity contribution is -0.153. The monoisotopic (exact) mass is 709 g/mol. The Balaban J connectivity index is 1.35. The first-order valence-corrected chi connectivity index (χ1v) is 16.5. The van der Waals surface area contributed by atoms with Crippen molar-refractivity contribution in [2.45, 2.75) is 42.9 Å². The molecule has 3 aliphatic rings. The van der Waals surface area contributed by atoms with Crippen LogP contribution in [0.4, 0.5) is 11.6 Å². The zero-order valence-corrected chi connectivity index (χ0v) is 26.8. The third kappa shape index (κ3) is 5.35. The summed E-state index contributed by atoms with van der Waals surface area (Å²) < 4.78 is 37.0. The lowest BCUT2D eigenvalue weighted by Crippen LogP contribution is -2.53. The zero-order chi connectivity index (χ0) is 30.7. The molecule has 6 rings (SSSR count). The molecule has 0 spiro atoms.